The van der Waals surface area contributed by atoms with Gasteiger partial charge >= 0.3 is 0 Å². The third-order valence-electron chi connectivity index (χ3n) is 5.07. The SMILES string of the molecule is O=C(Cc1ccccc1)Nc1ccc(SC(C(=O)Nc2ccccc2Br)c2ccccc2)cc1. The van der Waals surface area contributed by atoms with Crippen molar-refractivity contribution in [3.8, 4) is 0 Å². The molecule has 0 aliphatic heterocycles. The van der Waals surface area contributed by atoms with Crippen LogP contribution in [0.25, 0.3) is 0 Å². The van der Waals surface area contributed by atoms with Gasteiger partial charge in [0.1, 0.15) is 5.25 Å². The van der Waals surface area contributed by atoms with Gasteiger partial charge < -0.3 is 10.6 Å². The van der Waals surface area contributed by atoms with Crippen molar-refractivity contribution in [2.24, 2.45) is 0 Å². The second-order valence-corrected chi connectivity index (χ2v) is 9.65. The largest absolute Gasteiger partial charge is 0.326 e. The van der Waals surface area contributed by atoms with Crippen molar-refractivity contribution < 1.29 is 9.59 Å². The first-order chi connectivity index (χ1) is 16.6. The van der Waals surface area contributed by atoms with Gasteiger partial charge in [-0.05, 0) is 63.5 Å². The summed E-state index contributed by atoms with van der Waals surface area (Å²) in [5.74, 6) is -0.176. The van der Waals surface area contributed by atoms with Gasteiger partial charge in [-0.3, -0.25) is 9.59 Å². The van der Waals surface area contributed by atoms with Gasteiger partial charge in [0.25, 0.3) is 0 Å². The summed E-state index contributed by atoms with van der Waals surface area (Å²) in [6, 6.07) is 34.5. The van der Waals surface area contributed by atoms with Crippen LogP contribution in [0, 0.1) is 0 Å². The van der Waals surface area contributed by atoms with Gasteiger partial charge in [-0.25, -0.2) is 0 Å². The molecule has 0 saturated heterocycles. The van der Waals surface area contributed by atoms with E-state index in [-0.39, 0.29) is 11.8 Å². The molecule has 4 aromatic carbocycles. The van der Waals surface area contributed by atoms with E-state index in [9.17, 15) is 9.59 Å². The maximum Gasteiger partial charge on any atom is 0.242 e. The molecular weight excluding hydrogens is 508 g/mol. The third-order valence-corrected chi connectivity index (χ3v) is 7.03. The molecule has 0 bridgehead atoms. The zero-order valence-electron chi connectivity index (χ0n) is 18.3. The van der Waals surface area contributed by atoms with Gasteiger partial charge in [-0.2, -0.15) is 0 Å². The molecule has 6 heteroatoms. The Balaban J connectivity index is 1.45. The number of nitrogens with one attached hydrogen (secondary N) is 2. The lowest BCUT2D eigenvalue weighted by Gasteiger charge is -2.18. The lowest BCUT2D eigenvalue weighted by atomic mass is 10.1. The lowest BCUT2D eigenvalue weighted by Crippen LogP contribution is -2.19. The Morgan fingerprint density at radius 2 is 1.35 bits per heavy atom. The Bertz CT molecular complexity index is 1250. The molecule has 0 saturated carbocycles. The highest BCUT2D eigenvalue weighted by Gasteiger charge is 2.22. The van der Waals surface area contributed by atoms with E-state index in [4.69, 9.17) is 0 Å². The van der Waals surface area contributed by atoms with Crippen LogP contribution in [-0.4, -0.2) is 11.8 Å². The first-order valence-electron chi connectivity index (χ1n) is 10.8. The number of anilines is 2. The molecule has 0 aliphatic carbocycles. The highest BCUT2D eigenvalue weighted by molar-refractivity contribution is 9.10. The standard InChI is InChI=1S/C28H23BrN2O2S/c29-24-13-7-8-14-25(24)31-28(33)27(21-11-5-2-6-12-21)34-23-17-15-22(16-18-23)30-26(32)19-20-9-3-1-4-10-20/h1-18,27H,19H2,(H,30,32)(H,31,33). The summed E-state index contributed by atoms with van der Waals surface area (Å²) < 4.78 is 0.829. The molecule has 0 spiro atoms. The highest BCUT2D eigenvalue weighted by atomic mass is 79.9. The van der Waals surface area contributed by atoms with Gasteiger partial charge in [0.15, 0.2) is 0 Å². The lowest BCUT2D eigenvalue weighted by molar-refractivity contribution is -0.116. The van der Waals surface area contributed by atoms with Crippen molar-refractivity contribution in [3.05, 3.63) is 125 Å². The second-order valence-electron chi connectivity index (χ2n) is 7.61. The van der Waals surface area contributed by atoms with Gasteiger partial charge in [-0.1, -0.05) is 72.8 Å². The van der Waals surface area contributed by atoms with E-state index < -0.39 is 5.25 Å². The Morgan fingerprint density at radius 1 is 0.735 bits per heavy atom. The number of carbonyl (C=O) groups is 2. The number of hydrogen-bond donors (Lipinski definition) is 2. The average Bonchev–Trinajstić information content (AvgIpc) is 2.86. The van der Waals surface area contributed by atoms with Crippen molar-refractivity contribution in [2.75, 3.05) is 10.6 Å². The third kappa shape index (κ3) is 6.59. The van der Waals surface area contributed by atoms with Crippen molar-refractivity contribution in [2.45, 2.75) is 16.6 Å². The van der Waals surface area contributed by atoms with Gasteiger partial charge in [0.05, 0.1) is 12.1 Å². The molecule has 4 nitrogen and oxygen atoms in total. The molecule has 2 N–H and O–H groups in total. The van der Waals surface area contributed by atoms with E-state index in [2.05, 4.69) is 26.6 Å². The molecule has 170 valence electrons. The van der Waals surface area contributed by atoms with E-state index in [0.717, 1.165) is 31.9 Å². The number of para-hydroxylation sites is 1. The monoisotopic (exact) mass is 530 g/mol. The molecule has 4 aromatic rings. The number of hydrogen-bond acceptors (Lipinski definition) is 3. The van der Waals surface area contributed by atoms with E-state index in [1.165, 1.54) is 11.8 Å². The molecule has 0 aliphatic rings. The summed E-state index contributed by atoms with van der Waals surface area (Å²) in [7, 11) is 0. The summed E-state index contributed by atoms with van der Waals surface area (Å²) >= 11 is 4.95. The summed E-state index contributed by atoms with van der Waals surface area (Å²) in [4.78, 5) is 26.5. The maximum atomic E-state index is 13.2. The molecule has 34 heavy (non-hydrogen) atoms. The Labute approximate surface area is 211 Å². The van der Waals surface area contributed by atoms with Crippen LogP contribution in [0.5, 0.6) is 0 Å². The molecule has 4 rings (SSSR count). The van der Waals surface area contributed by atoms with E-state index in [1.54, 1.807) is 0 Å². The van der Waals surface area contributed by atoms with Crippen LogP contribution in [0.1, 0.15) is 16.4 Å². The van der Waals surface area contributed by atoms with Gasteiger partial charge in [-0.15, -0.1) is 11.8 Å². The number of rotatable bonds is 8. The van der Waals surface area contributed by atoms with Crippen LogP contribution in [0.2, 0.25) is 0 Å². The van der Waals surface area contributed by atoms with Crippen molar-refractivity contribution >= 4 is 50.9 Å². The summed E-state index contributed by atoms with van der Waals surface area (Å²) in [5.41, 5.74) is 3.33. The van der Waals surface area contributed by atoms with E-state index in [1.807, 2.05) is 109 Å². The van der Waals surface area contributed by atoms with E-state index in [0.29, 0.717) is 6.42 Å². The van der Waals surface area contributed by atoms with Crippen molar-refractivity contribution in [3.63, 3.8) is 0 Å². The Kier molecular flexibility index (Phi) is 8.17. The van der Waals surface area contributed by atoms with Crippen LogP contribution in [-0.2, 0) is 16.0 Å². The predicted molar refractivity (Wildman–Crippen MR) is 143 cm³/mol. The van der Waals surface area contributed by atoms with Crippen LogP contribution in [0.3, 0.4) is 0 Å². The van der Waals surface area contributed by atoms with Crippen LogP contribution >= 0.6 is 27.7 Å². The Morgan fingerprint density at radius 3 is 2.03 bits per heavy atom. The average molecular weight is 531 g/mol. The second kappa shape index (κ2) is 11.7. The quantitative estimate of drug-likeness (QED) is 0.239. The normalized spacial score (nSPS) is 11.4. The minimum atomic E-state index is -0.438. The predicted octanol–water partition coefficient (Wildman–Crippen LogP) is 7.10. The summed E-state index contributed by atoms with van der Waals surface area (Å²) in [6.07, 6.45) is 0.322. The van der Waals surface area contributed by atoms with Gasteiger partial charge in [0.2, 0.25) is 11.8 Å². The van der Waals surface area contributed by atoms with E-state index >= 15 is 0 Å². The molecule has 0 radical (unpaired) electrons. The smallest absolute Gasteiger partial charge is 0.242 e. The van der Waals surface area contributed by atoms with Crippen LogP contribution < -0.4 is 10.6 Å². The molecule has 2 amide bonds. The van der Waals surface area contributed by atoms with Crippen molar-refractivity contribution in [1.29, 1.82) is 0 Å². The number of thioether (sulfide) groups is 1. The molecular formula is C28H23BrN2O2S. The molecule has 1 atom stereocenters. The molecule has 0 fully saturated rings. The highest BCUT2D eigenvalue weighted by Crippen LogP contribution is 2.37. The first-order valence-corrected chi connectivity index (χ1v) is 12.5. The van der Waals surface area contributed by atoms with Crippen molar-refractivity contribution in [1.82, 2.24) is 0 Å². The Hall–Kier alpha value is -3.35. The summed E-state index contributed by atoms with van der Waals surface area (Å²) in [5, 5.41) is 5.52. The molecule has 0 heterocycles. The summed E-state index contributed by atoms with van der Waals surface area (Å²) in [6.45, 7) is 0. The van der Waals surface area contributed by atoms with Crippen LogP contribution in [0.4, 0.5) is 11.4 Å². The fourth-order valence-corrected chi connectivity index (χ4v) is 4.81. The minimum Gasteiger partial charge on any atom is -0.326 e. The first kappa shape index (κ1) is 23.8. The fraction of sp³-hybridized carbons (Fsp3) is 0.0714. The number of halogens is 1. The number of benzene rings is 4. The zero-order valence-corrected chi connectivity index (χ0v) is 20.7. The molecule has 1 unspecified atom stereocenters. The molecule has 0 aromatic heterocycles. The number of carbonyl (C=O) groups excluding carboxylic acids is 2. The zero-order chi connectivity index (χ0) is 23.8. The van der Waals surface area contributed by atoms with Gasteiger partial charge in [0, 0.05) is 15.1 Å². The van der Waals surface area contributed by atoms with Crippen LogP contribution in [0.15, 0.2) is 119 Å². The topological polar surface area (TPSA) is 58.2 Å². The maximum absolute atomic E-state index is 13.2. The number of amides is 2. The minimum absolute atomic E-state index is 0.0680. The fourth-order valence-electron chi connectivity index (χ4n) is 3.40.